The normalized spacial score (nSPS) is 10.3. The SMILES string of the molecule is NOCc1ccc(F)c(F)c1F. The maximum atomic E-state index is 12.7. The Kier molecular flexibility index (Phi) is 2.67. The minimum Gasteiger partial charge on any atom is -0.300 e. The molecule has 1 aromatic rings. The van der Waals surface area contributed by atoms with Crippen LogP contribution in [-0.2, 0) is 11.4 Å². The smallest absolute Gasteiger partial charge is 0.194 e. The second kappa shape index (κ2) is 3.55. The molecule has 66 valence electrons. The highest BCUT2D eigenvalue weighted by atomic mass is 19.2. The average molecular weight is 177 g/mol. The Morgan fingerprint density at radius 1 is 1.17 bits per heavy atom. The molecule has 0 saturated carbocycles. The fourth-order valence-corrected chi connectivity index (χ4v) is 0.767. The number of hydrogen-bond donors (Lipinski definition) is 1. The molecule has 0 fully saturated rings. The Morgan fingerprint density at radius 2 is 1.83 bits per heavy atom. The number of hydrogen-bond acceptors (Lipinski definition) is 2. The van der Waals surface area contributed by atoms with Crippen LogP contribution in [0.25, 0.3) is 0 Å². The Balaban J connectivity index is 3.08. The molecule has 12 heavy (non-hydrogen) atoms. The summed E-state index contributed by atoms with van der Waals surface area (Å²) in [7, 11) is 0. The minimum absolute atomic E-state index is 0.114. The first-order valence-corrected chi connectivity index (χ1v) is 3.11. The first-order chi connectivity index (χ1) is 5.66. The molecule has 1 rings (SSSR count). The summed E-state index contributed by atoms with van der Waals surface area (Å²) in [4.78, 5) is 4.07. The molecule has 0 radical (unpaired) electrons. The van der Waals surface area contributed by atoms with Crippen molar-refractivity contribution in [1.29, 1.82) is 0 Å². The molecule has 0 heterocycles. The van der Waals surface area contributed by atoms with Crippen LogP contribution in [0.5, 0.6) is 0 Å². The zero-order chi connectivity index (χ0) is 9.14. The van der Waals surface area contributed by atoms with E-state index in [2.05, 4.69) is 10.7 Å². The molecule has 0 atom stereocenters. The van der Waals surface area contributed by atoms with Crippen molar-refractivity contribution >= 4 is 0 Å². The molecule has 0 amide bonds. The van der Waals surface area contributed by atoms with Crippen LogP contribution < -0.4 is 5.90 Å². The summed E-state index contributed by atoms with van der Waals surface area (Å²) in [6, 6.07) is 1.88. The van der Waals surface area contributed by atoms with E-state index in [1.54, 1.807) is 0 Å². The van der Waals surface area contributed by atoms with Gasteiger partial charge >= 0.3 is 0 Å². The summed E-state index contributed by atoms with van der Waals surface area (Å²) in [5.74, 6) is 0.633. The first kappa shape index (κ1) is 9.02. The van der Waals surface area contributed by atoms with Crippen LogP contribution in [0.2, 0.25) is 0 Å². The van der Waals surface area contributed by atoms with Gasteiger partial charge < -0.3 is 0 Å². The lowest BCUT2D eigenvalue weighted by Crippen LogP contribution is -2.03. The van der Waals surface area contributed by atoms with Crippen LogP contribution in [0.1, 0.15) is 5.56 Å². The van der Waals surface area contributed by atoms with E-state index in [1.807, 2.05) is 0 Å². The molecule has 0 unspecified atom stereocenters. The molecule has 0 aliphatic rings. The Labute approximate surface area is 66.7 Å². The average Bonchev–Trinajstić information content (AvgIpc) is 2.07. The molecule has 1 aromatic carbocycles. The molecular formula is C7H6F3NO. The van der Waals surface area contributed by atoms with Crippen molar-refractivity contribution in [2.75, 3.05) is 0 Å². The Morgan fingerprint density at radius 3 is 2.42 bits per heavy atom. The maximum absolute atomic E-state index is 12.7. The van der Waals surface area contributed by atoms with Gasteiger partial charge in [0.1, 0.15) is 0 Å². The summed E-state index contributed by atoms with van der Waals surface area (Å²) in [6.45, 7) is -0.289. The fraction of sp³-hybridized carbons (Fsp3) is 0.143. The molecular weight excluding hydrogens is 171 g/mol. The van der Waals surface area contributed by atoms with Crippen molar-refractivity contribution < 1.29 is 18.0 Å². The second-order valence-electron chi connectivity index (χ2n) is 2.15. The number of halogens is 3. The summed E-state index contributed by atoms with van der Waals surface area (Å²) in [5.41, 5.74) is -0.114. The minimum atomic E-state index is -1.51. The predicted octanol–water partition coefficient (Wildman–Crippen LogP) is 1.49. The third-order valence-electron chi connectivity index (χ3n) is 1.35. The molecule has 0 saturated heterocycles. The zero-order valence-corrected chi connectivity index (χ0v) is 5.98. The molecule has 5 heteroatoms. The third-order valence-corrected chi connectivity index (χ3v) is 1.35. The molecule has 0 aromatic heterocycles. The number of rotatable bonds is 2. The van der Waals surface area contributed by atoms with Gasteiger partial charge in [-0.1, -0.05) is 6.07 Å². The summed E-state index contributed by atoms with van der Waals surface area (Å²) >= 11 is 0. The van der Waals surface area contributed by atoms with Crippen LogP contribution in [0, 0.1) is 17.5 Å². The number of benzene rings is 1. The standard InChI is InChI=1S/C7H6F3NO/c8-5-2-1-4(3-12-11)6(9)7(5)10/h1-2H,3,11H2. The van der Waals surface area contributed by atoms with Crippen molar-refractivity contribution in [3.63, 3.8) is 0 Å². The molecule has 0 spiro atoms. The van der Waals surface area contributed by atoms with Crippen LogP contribution in [-0.4, -0.2) is 0 Å². The lowest BCUT2D eigenvalue weighted by atomic mass is 10.2. The van der Waals surface area contributed by atoms with E-state index in [4.69, 9.17) is 0 Å². The fourth-order valence-electron chi connectivity index (χ4n) is 0.767. The van der Waals surface area contributed by atoms with E-state index in [-0.39, 0.29) is 12.2 Å². The lowest BCUT2D eigenvalue weighted by molar-refractivity contribution is 0.120. The summed E-state index contributed by atoms with van der Waals surface area (Å²) < 4.78 is 37.5. The van der Waals surface area contributed by atoms with Crippen molar-refractivity contribution in [3.8, 4) is 0 Å². The Bertz CT molecular complexity index is 290. The molecule has 2 nitrogen and oxygen atoms in total. The largest absolute Gasteiger partial charge is 0.300 e. The van der Waals surface area contributed by atoms with Gasteiger partial charge in [-0.3, -0.25) is 4.84 Å². The molecule has 0 aliphatic heterocycles. The molecule has 2 N–H and O–H groups in total. The van der Waals surface area contributed by atoms with E-state index in [0.29, 0.717) is 0 Å². The van der Waals surface area contributed by atoms with E-state index in [0.717, 1.165) is 12.1 Å². The van der Waals surface area contributed by atoms with Gasteiger partial charge in [-0.2, -0.15) is 0 Å². The quantitative estimate of drug-likeness (QED) is 0.548. The van der Waals surface area contributed by atoms with E-state index in [1.165, 1.54) is 0 Å². The second-order valence-corrected chi connectivity index (χ2v) is 2.15. The van der Waals surface area contributed by atoms with E-state index >= 15 is 0 Å². The summed E-state index contributed by atoms with van der Waals surface area (Å²) in [6.07, 6.45) is 0. The highest BCUT2D eigenvalue weighted by Gasteiger charge is 2.12. The van der Waals surface area contributed by atoms with E-state index in [9.17, 15) is 13.2 Å². The van der Waals surface area contributed by atoms with Gasteiger partial charge in [0.05, 0.1) is 6.61 Å². The highest BCUT2D eigenvalue weighted by molar-refractivity contribution is 5.19. The van der Waals surface area contributed by atoms with Crippen molar-refractivity contribution in [3.05, 3.63) is 35.1 Å². The van der Waals surface area contributed by atoms with E-state index < -0.39 is 17.5 Å². The van der Waals surface area contributed by atoms with Gasteiger partial charge in [-0.05, 0) is 6.07 Å². The molecule has 0 aliphatic carbocycles. The van der Waals surface area contributed by atoms with Gasteiger partial charge in [0.25, 0.3) is 0 Å². The van der Waals surface area contributed by atoms with Gasteiger partial charge in [0.15, 0.2) is 17.5 Å². The van der Waals surface area contributed by atoms with Gasteiger partial charge in [0.2, 0.25) is 0 Å². The summed E-state index contributed by atoms with van der Waals surface area (Å²) in [5, 5.41) is 0. The topological polar surface area (TPSA) is 35.2 Å². The van der Waals surface area contributed by atoms with Crippen molar-refractivity contribution in [2.24, 2.45) is 5.90 Å². The maximum Gasteiger partial charge on any atom is 0.194 e. The zero-order valence-electron chi connectivity index (χ0n) is 5.98. The van der Waals surface area contributed by atoms with Crippen LogP contribution in [0.3, 0.4) is 0 Å². The van der Waals surface area contributed by atoms with Gasteiger partial charge in [-0.25, -0.2) is 19.1 Å². The van der Waals surface area contributed by atoms with Crippen LogP contribution in [0.4, 0.5) is 13.2 Å². The highest BCUT2D eigenvalue weighted by Crippen LogP contribution is 2.15. The number of nitrogens with two attached hydrogens (primary N) is 1. The predicted molar refractivity (Wildman–Crippen MR) is 35.3 cm³/mol. The molecule has 0 bridgehead atoms. The van der Waals surface area contributed by atoms with Crippen molar-refractivity contribution in [1.82, 2.24) is 0 Å². The van der Waals surface area contributed by atoms with Gasteiger partial charge in [-0.15, -0.1) is 0 Å². The van der Waals surface area contributed by atoms with Crippen LogP contribution >= 0.6 is 0 Å². The Hall–Kier alpha value is -1.07. The lowest BCUT2D eigenvalue weighted by Gasteiger charge is -2.01. The van der Waals surface area contributed by atoms with Crippen molar-refractivity contribution in [2.45, 2.75) is 6.61 Å². The van der Waals surface area contributed by atoms with Crippen LogP contribution in [0.15, 0.2) is 12.1 Å². The first-order valence-electron chi connectivity index (χ1n) is 3.11. The van der Waals surface area contributed by atoms with Gasteiger partial charge in [0, 0.05) is 5.56 Å². The monoisotopic (exact) mass is 177 g/mol. The third kappa shape index (κ3) is 1.57.